The van der Waals surface area contributed by atoms with E-state index in [-0.39, 0.29) is 0 Å². The molecule has 0 N–H and O–H groups in total. The molecule has 0 aliphatic carbocycles. The number of benzene rings is 1. The molecule has 1 aromatic carbocycles. The molecule has 0 aliphatic rings. The van der Waals surface area contributed by atoms with Gasteiger partial charge in [-0.2, -0.15) is 5.26 Å². The highest BCUT2D eigenvalue weighted by atomic mass is 16.5. The van der Waals surface area contributed by atoms with Gasteiger partial charge in [0.15, 0.2) is 0 Å². The second-order valence-corrected chi connectivity index (χ2v) is 2.97. The minimum atomic E-state index is 0.571. The first-order valence-corrected chi connectivity index (χ1v) is 4.52. The van der Waals surface area contributed by atoms with Crippen LogP contribution in [-0.2, 0) is 0 Å². The van der Waals surface area contributed by atoms with Gasteiger partial charge in [0.25, 0.3) is 0 Å². The average Bonchev–Trinajstić information content (AvgIpc) is 2.18. The summed E-state index contributed by atoms with van der Waals surface area (Å²) in [5, 5.41) is 8.72. The lowest BCUT2D eigenvalue weighted by molar-refractivity contribution is 0.362. The van der Waals surface area contributed by atoms with Gasteiger partial charge in [-0.3, -0.25) is 0 Å². The fraction of sp³-hybridized carbons (Fsp3) is 0.250. The summed E-state index contributed by atoms with van der Waals surface area (Å²) in [4.78, 5) is 0. The Morgan fingerprint density at radius 1 is 1.50 bits per heavy atom. The summed E-state index contributed by atoms with van der Waals surface area (Å²) >= 11 is 0. The Balaban J connectivity index is 2.72. The van der Waals surface area contributed by atoms with Gasteiger partial charge < -0.3 is 4.74 Å². The lowest BCUT2D eigenvalue weighted by atomic mass is 10.1. The first kappa shape index (κ1) is 10.3. The molecule has 2 nitrogen and oxygen atoms in total. The molecule has 0 fully saturated rings. The van der Waals surface area contributed by atoms with E-state index in [1.807, 2.05) is 38.1 Å². The minimum absolute atomic E-state index is 0.571. The van der Waals surface area contributed by atoms with Crippen LogP contribution in [0.25, 0.3) is 0 Å². The lowest BCUT2D eigenvalue weighted by Gasteiger charge is -2.04. The molecule has 0 unspecified atom stereocenters. The molecule has 0 heterocycles. The van der Waals surface area contributed by atoms with Gasteiger partial charge >= 0.3 is 0 Å². The molecule has 1 rings (SSSR count). The Morgan fingerprint density at radius 2 is 2.29 bits per heavy atom. The van der Waals surface area contributed by atoms with Crippen LogP contribution in [0.5, 0.6) is 5.75 Å². The van der Waals surface area contributed by atoms with Crippen LogP contribution >= 0.6 is 0 Å². The van der Waals surface area contributed by atoms with Gasteiger partial charge in [-0.15, -0.1) is 0 Å². The van der Waals surface area contributed by atoms with Crippen LogP contribution in [0, 0.1) is 18.3 Å². The molecule has 72 valence electrons. The molecule has 0 aliphatic heterocycles. The van der Waals surface area contributed by atoms with E-state index in [2.05, 4.69) is 6.07 Å². The van der Waals surface area contributed by atoms with Crippen LogP contribution in [0.4, 0.5) is 0 Å². The molecule has 0 radical (unpaired) electrons. The van der Waals surface area contributed by atoms with Crippen molar-refractivity contribution in [2.45, 2.75) is 13.8 Å². The monoisotopic (exact) mass is 187 g/mol. The summed E-state index contributed by atoms with van der Waals surface area (Å²) in [6, 6.07) is 7.59. The van der Waals surface area contributed by atoms with Gasteiger partial charge in [0.05, 0.1) is 11.6 Å². The standard InChI is InChI=1S/C12H13NO/c1-3-4-7-14-12-6-5-11(9-13)10(2)8-12/h3-6,8H,7H2,1-2H3/b4-3+. The van der Waals surface area contributed by atoms with Gasteiger partial charge in [0.2, 0.25) is 0 Å². The van der Waals surface area contributed by atoms with Crippen LogP contribution in [0.2, 0.25) is 0 Å². The van der Waals surface area contributed by atoms with Gasteiger partial charge in [0.1, 0.15) is 12.4 Å². The Kier molecular flexibility index (Phi) is 3.75. The summed E-state index contributed by atoms with van der Waals surface area (Å²) in [6.45, 7) is 4.43. The largest absolute Gasteiger partial charge is 0.490 e. The highest BCUT2D eigenvalue weighted by Gasteiger charge is 1.98. The van der Waals surface area contributed by atoms with Gasteiger partial charge in [-0.05, 0) is 37.6 Å². The summed E-state index contributed by atoms with van der Waals surface area (Å²) in [5.41, 5.74) is 1.65. The highest BCUT2D eigenvalue weighted by molar-refractivity contribution is 5.41. The number of aryl methyl sites for hydroxylation is 1. The minimum Gasteiger partial charge on any atom is -0.490 e. The van der Waals surface area contributed by atoms with E-state index in [4.69, 9.17) is 10.00 Å². The third-order valence-corrected chi connectivity index (χ3v) is 1.90. The quantitative estimate of drug-likeness (QED) is 0.682. The number of allylic oxidation sites excluding steroid dienone is 1. The molecule has 0 saturated carbocycles. The van der Waals surface area contributed by atoms with Gasteiger partial charge in [-0.1, -0.05) is 12.2 Å². The van der Waals surface area contributed by atoms with Gasteiger partial charge in [0, 0.05) is 0 Å². The Hall–Kier alpha value is -1.75. The van der Waals surface area contributed by atoms with Crippen molar-refractivity contribution in [2.75, 3.05) is 6.61 Å². The fourth-order valence-electron chi connectivity index (χ4n) is 1.09. The molecule has 14 heavy (non-hydrogen) atoms. The van der Waals surface area contributed by atoms with Crippen molar-refractivity contribution >= 4 is 0 Å². The summed E-state index contributed by atoms with van der Waals surface area (Å²) in [6.07, 6.45) is 3.88. The van der Waals surface area contributed by atoms with Crippen LogP contribution in [-0.4, -0.2) is 6.61 Å². The fourth-order valence-corrected chi connectivity index (χ4v) is 1.09. The number of nitrogens with zero attached hydrogens (tertiary/aromatic N) is 1. The van der Waals surface area contributed by atoms with Crippen molar-refractivity contribution < 1.29 is 4.74 Å². The van der Waals surface area contributed by atoms with Crippen molar-refractivity contribution in [3.05, 3.63) is 41.5 Å². The maximum absolute atomic E-state index is 8.72. The average molecular weight is 187 g/mol. The third kappa shape index (κ3) is 2.63. The van der Waals surface area contributed by atoms with Crippen molar-refractivity contribution in [1.29, 1.82) is 5.26 Å². The molecule has 0 bridgehead atoms. The van der Waals surface area contributed by atoms with E-state index >= 15 is 0 Å². The molecule has 0 saturated heterocycles. The predicted molar refractivity (Wildman–Crippen MR) is 56.2 cm³/mol. The molecule has 0 spiro atoms. The first-order chi connectivity index (χ1) is 6.77. The number of ether oxygens (including phenoxy) is 1. The maximum Gasteiger partial charge on any atom is 0.120 e. The third-order valence-electron chi connectivity index (χ3n) is 1.90. The summed E-state index contributed by atoms with van der Waals surface area (Å²) < 4.78 is 5.43. The lowest BCUT2D eigenvalue weighted by Crippen LogP contribution is -1.94. The van der Waals surface area contributed by atoms with E-state index in [1.54, 1.807) is 6.07 Å². The van der Waals surface area contributed by atoms with Crippen molar-refractivity contribution in [3.8, 4) is 11.8 Å². The van der Waals surface area contributed by atoms with Gasteiger partial charge in [-0.25, -0.2) is 0 Å². The van der Waals surface area contributed by atoms with Crippen LogP contribution in [0.3, 0.4) is 0 Å². The second-order valence-electron chi connectivity index (χ2n) is 2.97. The zero-order valence-electron chi connectivity index (χ0n) is 8.45. The van der Waals surface area contributed by atoms with Crippen molar-refractivity contribution in [3.63, 3.8) is 0 Å². The van der Waals surface area contributed by atoms with Crippen LogP contribution < -0.4 is 4.74 Å². The van der Waals surface area contributed by atoms with Crippen LogP contribution in [0.1, 0.15) is 18.1 Å². The second kappa shape index (κ2) is 5.08. The highest BCUT2D eigenvalue weighted by Crippen LogP contribution is 2.16. The summed E-state index contributed by atoms with van der Waals surface area (Å²) in [7, 11) is 0. The molecule has 1 aromatic rings. The van der Waals surface area contributed by atoms with E-state index in [1.165, 1.54) is 0 Å². The Morgan fingerprint density at radius 3 is 2.86 bits per heavy atom. The first-order valence-electron chi connectivity index (χ1n) is 4.52. The van der Waals surface area contributed by atoms with E-state index < -0.39 is 0 Å². The molecular formula is C12H13NO. The van der Waals surface area contributed by atoms with E-state index in [9.17, 15) is 0 Å². The molecular weight excluding hydrogens is 174 g/mol. The number of nitriles is 1. The maximum atomic E-state index is 8.72. The smallest absolute Gasteiger partial charge is 0.120 e. The predicted octanol–water partition coefficient (Wildman–Crippen LogP) is 2.82. The molecule has 0 aromatic heterocycles. The van der Waals surface area contributed by atoms with E-state index in [0.717, 1.165) is 11.3 Å². The van der Waals surface area contributed by atoms with Crippen molar-refractivity contribution in [2.24, 2.45) is 0 Å². The zero-order chi connectivity index (χ0) is 10.4. The number of hydrogen-bond donors (Lipinski definition) is 0. The molecule has 0 amide bonds. The number of hydrogen-bond acceptors (Lipinski definition) is 2. The van der Waals surface area contributed by atoms with Crippen LogP contribution in [0.15, 0.2) is 30.4 Å². The number of rotatable bonds is 3. The Bertz CT molecular complexity index is 374. The molecule has 0 atom stereocenters. The normalized spacial score (nSPS) is 10.1. The zero-order valence-corrected chi connectivity index (χ0v) is 8.45. The molecule has 2 heteroatoms. The summed E-state index contributed by atoms with van der Waals surface area (Å²) in [5.74, 6) is 0.805. The topological polar surface area (TPSA) is 33.0 Å². The Labute approximate surface area is 84.4 Å². The van der Waals surface area contributed by atoms with Crippen molar-refractivity contribution in [1.82, 2.24) is 0 Å². The SMILES string of the molecule is C/C=C/COc1ccc(C#N)c(C)c1. The van der Waals surface area contributed by atoms with E-state index in [0.29, 0.717) is 12.2 Å².